The highest BCUT2D eigenvalue weighted by molar-refractivity contribution is 7.91. The van der Waals surface area contributed by atoms with E-state index in [0.29, 0.717) is 35.7 Å². The lowest BCUT2D eigenvalue weighted by Gasteiger charge is -2.36. The van der Waals surface area contributed by atoms with Gasteiger partial charge >= 0.3 is 6.09 Å². The van der Waals surface area contributed by atoms with Gasteiger partial charge in [0, 0.05) is 36.8 Å². The standard InChI is InChI=1S/C34H41ClN6O7S/c1-5-21-15-34(21,31(44)39-49(46,47)24-11-12-24)38-29(42)27-14-23(48-32(45)40-17-20-8-6-10-26(35)25(20)19-40)18-41(27)30(43)28(33(2,3)4)37-22-9-7-13-36-16-22/h5-10,13,16,23-24,27-28,37H,11-12,14-15,17-19H2,1-4H3,(H,38,42)(H,39,44)/b21-5+/t23-,27+,28-,34?/m1/s1. The lowest BCUT2D eigenvalue weighted by molar-refractivity contribution is -0.141. The van der Waals surface area contributed by atoms with Gasteiger partial charge in [-0.15, -0.1) is 0 Å². The summed E-state index contributed by atoms with van der Waals surface area (Å²) in [5.41, 5.74) is 0.727. The Labute approximate surface area is 290 Å². The molecule has 1 saturated heterocycles. The Hall–Kier alpha value is -4.17. The van der Waals surface area contributed by atoms with Gasteiger partial charge in [-0.2, -0.15) is 0 Å². The monoisotopic (exact) mass is 712 g/mol. The largest absolute Gasteiger partial charge is 0.444 e. The molecule has 3 heterocycles. The molecule has 4 atom stereocenters. The summed E-state index contributed by atoms with van der Waals surface area (Å²) in [4.78, 5) is 62.4. The molecule has 262 valence electrons. The summed E-state index contributed by atoms with van der Waals surface area (Å²) in [7, 11) is -3.88. The molecule has 2 aromatic rings. The maximum absolute atomic E-state index is 14.4. The van der Waals surface area contributed by atoms with E-state index in [1.54, 1.807) is 43.6 Å². The molecule has 2 aliphatic heterocycles. The zero-order valence-corrected chi connectivity index (χ0v) is 29.4. The predicted octanol–water partition coefficient (Wildman–Crippen LogP) is 3.50. The molecule has 13 nitrogen and oxygen atoms in total. The van der Waals surface area contributed by atoms with Crippen LogP contribution in [0.4, 0.5) is 10.5 Å². The molecule has 6 rings (SSSR count). The first-order valence-corrected chi connectivity index (χ1v) is 18.3. The Morgan fingerprint density at radius 1 is 1.12 bits per heavy atom. The number of nitrogens with zero attached hydrogens (tertiary/aromatic N) is 3. The van der Waals surface area contributed by atoms with Crippen LogP contribution in [0.3, 0.4) is 0 Å². The molecule has 15 heteroatoms. The van der Waals surface area contributed by atoms with Crippen LogP contribution in [0.5, 0.6) is 0 Å². The van der Waals surface area contributed by atoms with Gasteiger partial charge in [-0.1, -0.05) is 50.6 Å². The average molecular weight is 713 g/mol. The molecular formula is C34H41ClN6O7S. The Kier molecular flexibility index (Phi) is 9.16. The Morgan fingerprint density at radius 3 is 2.49 bits per heavy atom. The number of aromatic nitrogens is 1. The summed E-state index contributed by atoms with van der Waals surface area (Å²) in [6, 6.07) is 7.05. The fourth-order valence-electron chi connectivity index (χ4n) is 6.50. The average Bonchev–Trinajstić information content (AvgIpc) is 3.94. The van der Waals surface area contributed by atoms with E-state index in [0.717, 1.165) is 11.1 Å². The number of amides is 4. The third-order valence-electron chi connectivity index (χ3n) is 9.54. The van der Waals surface area contributed by atoms with Gasteiger partial charge < -0.3 is 20.3 Å². The van der Waals surface area contributed by atoms with Crippen LogP contribution in [0, 0.1) is 5.41 Å². The van der Waals surface area contributed by atoms with Crippen molar-refractivity contribution in [2.75, 3.05) is 11.9 Å². The van der Waals surface area contributed by atoms with Gasteiger partial charge in [-0.05, 0) is 60.1 Å². The van der Waals surface area contributed by atoms with Gasteiger partial charge in [0.15, 0.2) is 0 Å². The molecular weight excluding hydrogens is 672 g/mol. The highest BCUT2D eigenvalue weighted by Gasteiger charge is 2.59. The number of pyridine rings is 1. The molecule has 3 fully saturated rings. The van der Waals surface area contributed by atoms with Gasteiger partial charge in [-0.3, -0.25) is 29.0 Å². The van der Waals surface area contributed by atoms with Crippen molar-refractivity contribution in [3.8, 4) is 0 Å². The van der Waals surface area contributed by atoms with E-state index in [1.807, 2.05) is 32.9 Å². The van der Waals surface area contributed by atoms with Crippen molar-refractivity contribution < 1.29 is 32.3 Å². The molecule has 0 radical (unpaired) electrons. The topological polar surface area (TPSA) is 167 Å². The third-order valence-corrected chi connectivity index (χ3v) is 11.7. The van der Waals surface area contributed by atoms with Crippen LogP contribution < -0.4 is 15.4 Å². The van der Waals surface area contributed by atoms with Crippen molar-refractivity contribution >= 4 is 51.1 Å². The number of allylic oxidation sites excluding steroid dienone is 1. The zero-order valence-electron chi connectivity index (χ0n) is 27.9. The number of hydrogen-bond donors (Lipinski definition) is 3. The Morgan fingerprint density at radius 2 is 1.88 bits per heavy atom. The number of carbonyl (C=O) groups is 4. The molecule has 4 aliphatic rings. The molecule has 2 aliphatic carbocycles. The van der Waals surface area contributed by atoms with Gasteiger partial charge in [0.25, 0.3) is 5.91 Å². The number of halogens is 1. The number of fused-ring (bicyclic) bond motifs is 1. The highest BCUT2D eigenvalue weighted by Crippen LogP contribution is 2.44. The molecule has 0 bridgehead atoms. The summed E-state index contributed by atoms with van der Waals surface area (Å²) < 4.78 is 33.3. The first-order valence-electron chi connectivity index (χ1n) is 16.4. The van der Waals surface area contributed by atoms with Crippen LogP contribution in [0.15, 0.2) is 54.4 Å². The van der Waals surface area contributed by atoms with E-state index < -0.39 is 68.2 Å². The van der Waals surface area contributed by atoms with E-state index in [2.05, 4.69) is 20.3 Å². The number of rotatable bonds is 9. The van der Waals surface area contributed by atoms with Crippen LogP contribution in [-0.4, -0.2) is 82.5 Å². The SMILES string of the molecule is C/C=C1\CC1(NC(=O)[C@@H]1C[C@@H](OC(=O)N2Cc3cccc(Cl)c3C2)CN1C(=O)[C@@H](Nc1cccnc1)C(C)(C)C)C(=O)NS(=O)(=O)C1CC1. The first-order chi connectivity index (χ1) is 23.1. The number of sulfonamides is 1. The predicted molar refractivity (Wildman–Crippen MR) is 182 cm³/mol. The van der Waals surface area contributed by atoms with Crippen molar-refractivity contribution in [2.24, 2.45) is 5.41 Å². The van der Waals surface area contributed by atoms with Crippen LogP contribution in [-0.2, 0) is 42.2 Å². The second-order valence-corrected chi connectivity index (χ2v) is 16.6. The molecule has 1 aromatic heterocycles. The van der Waals surface area contributed by atoms with Crippen LogP contribution >= 0.6 is 11.6 Å². The number of likely N-dealkylation sites (tertiary alicyclic amines) is 1. The molecule has 3 N–H and O–H groups in total. The second kappa shape index (κ2) is 12.9. The van der Waals surface area contributed by atoms with E-state index in [1.165, 1.54) is 9.80 Å². The molecule has 2 saturated carbocycles. The van der Waals surface area contributed by atoms with E-state index in [4.69, 9.17) is 16.3 Å². The summed E-state index contributed by atoms with van der Waals surface area (Å²) in [6.07, 6.45) is 4.46. The van der Waals surface area contributed by atoms with Gasteiger partial charge in [0.1, 0.15) is 23.7 Å². The lowest BCUT2D eigenvalue weighted by atomic mass is 9.85. The normalized spacial score (nSPS) is 24.6. The summed E-state index contributed by atoms with van der Waals surface area (Å²) in [5.74, 6) is -1.90. The van der Waals surface area contributed by atoms with E-state index in [9.17, 15) is 27.6 Å². The van der Waals surface area contributed by atoms with Gasteiger partial charge in [0.05, 0.1) is 24.0 Å². The minimum atomic E-state index is -3.88. The number of nitrogens with one attached hydrogen (secondary N) is 3. The molecule has 0 spiro atoms. The molecule has 1 aromatic carbocycles. The highest BCUT2D eigenvalue weighted by atomic mass is 35.5. The minimum absolute atomic E-state index is 0.0299. The number of hydrogen-bond acceptors (Lipinski definition) is 9. The maximum Gasteiger partial charge on any atom is 0.410 e. The molecule has 49 heavy (non-hydrogen) atoms. The maximum atomic E-state index is 14.4. The summed E-state index contributed by atoms with van der Waals surface area (Å²) >= 11 is 6.35. The van der Waals surface area contributed by atoms with Crippen molar-refractivity contribution in [2.45, 2.75) is 95.4 Å². The fraction of sp³-hybridized carbons (Fsp3) is 0.500. The van der Waals surface area contributed by atoms with Gasteiger partial charge in [-0.25, -0.2) is 13.2 Å². The fourth-order valence-corrected chi connectivity index (χ4v) is 8.11. The third kappa shape index (κ3) is 7.11. The van der Waals surface area contributed by atoms with Crippen molar-refractivity contribution in [1.29, 1.82) is 0 Å². The molecule has 4 amide bonds. The Balaban J connectivity index is 1.24. The zero-order chi connectivity index (χ0) is 35.3. The number of anilines is 1. The van der Waals surface area contributed by atoms with Crippen molar-refractivity contribution in [1.82, 2.24) is 24.8 Å². The lowest BCUT2D eigenvalue weighted by Crippen LogP contribution is -2.58. The molecule has 1 unspecified atom stereocenters. The first kappa shape index (κ1) is 34.7. The number of carbonyl (C=O) groups excluding carboxylic acids is 4. The van der Waals surface area contributed by atoms with E-state index >= 15 is 0 Å². The summed E-state index contributed by atoms with van der Waals surface area (Å²) in [6.45, 7) is 7.87. The quantitative estimate of drug-likeness (QED) is 0.330. The van der Waals surface area contributed by atoms with Crippen LogP contribution in [0.1, 0.15) is 64.5 Å². The van der Waals surface area contributed by atoms with Crippen LogP contribution in [0.25, 0.3) is 0 Å². The smallest absolute Gasteiger partial charge is 0.410 e. The van der Waals surface area contributed by atoms with Crippen LogP contribution in [0.2, 0.25) is 5.02 Å². The van der Waals surface area contributed by atoms with E-state index in [-0.39, 0.29) is 25.9 Å². The Bertz CT molecular complexity index is 1810. The number of ether oxygens (including phenoxy) is 1. The van der Waals surface area contributed by atoms with Crippen molar-refractivity contribution in [3.05, 3.63) is 70.5 Å². The number of benzene rings is 1. The van der Waals surface area contributed by atoms with Crippen molar-refractivity contribution in [3.63, 3.8) is 0 Å². The minimum Gasteiger partial charge on any atom is -0.444 e. The van der Waals surface area contributed by atoms with Gasteiger partial charge in [0.2, 0.25) is 21.8 Å². The summed E-state index contributed by atoms with van der Waals surface area (Å²) in [5, 5.41) is 5.96. The second-order valence-electron chi connectivity index (χ2n) is 14.2.